The summed E-state index contributed by atoms with van der Waals surface area (Å²) in [4.78, 5) is 0. The van der Waals surface area contributed by atoms with E-state index < -0.39 is 10.0 Å². The highest BCUT2D eigenvalue weighted by Crippen LogP contribution is 2.15. The normalized spacial score (nSPS) is 22.9. The van der Waals surface area contributed by atoms with Crippen LogP contribution in [0, 0.1) is 0 Å². The Labute approximate surface area is 138 Å². The largest absolute Gasteiger partial charge is 0.497 e. The van der Waals surface area contributed by atoms with Crippen molar-refractivity contribution in [1.82, 2.24) is 9.62 Å². The second-order valence-corrected chi connectivity index (χ2v) is 8.01. The van der Waals surface area contributed by atoms with Gasteiger partial charge >= 0.3 is 0 Å². The van der Waals surface area contributed by atoms with Gasteiger partial charge in [0.05, 0.1) is 25.1 Å². The van der Waals surface area contributed by atoms with Gasteiger partial charge < -0.3 is 14.8 Å². The van der Waals surface area contributed by atoms with E-state index in [1.807, 2.05) is 38.1 Å². The quantitative estimate of drug-likeness (QED) is 0.755. The lowest BCUT2D eigenvalue weighted by Gasteiger charge is -2.34. The van der Waals surface area contributed by atoms with E-state index >= 15 is 0 Å². The Bertz CT molecular complexity index is 596. The van der Waals surface area contributed by atoms with Gasteiger partial charge in [0.15, 0.2) is 0 Å². The molecule has 1 aromatic rings. The highest BCUT2D eigenvalue weighted by atomic mass is 32.2. The molecule has 0 saturated carbocycles. The molecule has 1 fully saturated rings. The van der Waals surface area contributed by atoms with Crippen molar-refractivity contribution in [2.75, 3.05) is 32.5 Å². The van der Waals surface area contributed by atoms with E-state index in [4.69, 9.17) is 9.47 Å². The molecule has 0 spiro atoms. The van der Waals surface area contributed by atoms with E-state index in [2.05, 4.69) is 5.32 Å². The maximum atomic E-state index is 12.4. The summed E-state index contributed by atoms with van der Waals surface area (Å²) in [5.41, 5.74) is 1.07. The van der Waals surface area contributed by atoms with Gasteiger partial charge in [0, 0.05) is 26.2 Å². The van der Waals surface area contributed by atoms with E-state index in [0.29, 0.717) is 26.2 Å². The zero-order valence-electron chi connectivity index (χ0n) is 14.0. The molecule has 1 saturated heterocycles. The van der Waals surface area contributed by atoms with Gasteiger partial charge in [-0.25, -0.2) is 8.42 Å². The van der Waals surface area contributed by atoms with Crippen molar-refractivity contribution in [1.29, 1.82) is 0 Å². The summed E-state index contributed by atoms with van der Waals surface area (Å²) in [7, 11) is -1.62. The number of methoxy groups -OCH3 is 1. The fourth-order valence-electron chi connectivity index (χ4n) is 2.70. The second-order valence-electron chi connectivity index (χ2n) is 5.92. The Kier molecular flexibility index (Phi) is 6.41. The summed E-state index contributed by atoms with van der Waals surface area (Å²) in [5.74, 6) is 0.893. The lowest BCUT2D eigenvalue weighted by molar-refractivity contribution is -0.0440. The Balaban J connectivity index is 1.80. The monoisotopic (exact) mass is 342 g/mol. The van der Waals surface area contributed by atoms with Crippen molar-refractivity contribution in [2.24, 2.45) is 0 Å². The van der Waals surface area contributed by atoms with E-state index in [1.54, 1.807) is 11.4 Å². The van der Waals surface area contributed by atoms with Crippen LogP contribution in [0.25, 0.3) is 0 Å². The number of sulfonamides is 1. The first-order chi connectivity index (χ1) is 10.9. The number of hydrogen-bond acceptors (Lipinski definition) is 5. The first kappa shape index (κ1) is 18.2. The highest BCUT2D eigenvalue weighted by Gasteiger charge is 2.30. The third-order valence-electron chi connectivity index (χ3n) is 3.78. The third kappa shape index (κ3) is 5.46. The van der Waals surface area contributed by atoms with Gasteiger partial charge in [-0.3, -0.25) is 0 Å². The predicted octanol–water partition coefficient (Wildman–Crippen LogP) is 1.22. The molecule has 0 aromatic heterocycles. The molecule has 1 aromatic carbocycles. The lowest BCUT2D eigenvalue weighted by atomic mass is 10.2. The smallest absolute Gasteiger partial charge is 0.215 e. The lowest BCUT2D eigenvalue weighted by Crippen LogP contribution is -2.49. The molecule has 2 atom stereocenters. The molecule has 0 unspecified atom stereocenters. The highest BCUT2D eigenvalue weighted by molar-refractivity contribution is 7.89. The SMILES string of the molecule is COc1cccc(CNCCS(=O)(=O)N2C[C@@H](C)O[C@H](C)C2)c1. The van der Waals surface area contributed by atoms with Gasteiger partial charge in [-0.05, 0) is 31.5 Å². The third-order valence-corrected chi connectivity index (χ3v) is 5.58. The van der Waals surface area contributed by atoms with E-state index in [-0.39, 0.29) is 18.0 Å². The van der Waals surface area contributed by atoms with Crippen molar-refractivity contribution < 1.29 is 17.9 Å². The molecule has 0 bridgehead atoms. The predicted molar refractivity (Wildman–Crippen MR) is 90.1 cm³/mol. The number of rotatable bonds is 7. The topological polar surface area (TPSA) is 67.9 Å². The minimum Gasteiger partial charge on any atom is -0.497 e. The van der Waals surface area contributed by atoms with Crippen LogP contribution in [-0.4, -0.2) is 57.4 Å². The van der Waals surface area contributed by atoms with Crippen molar-refractivity contribution in [3.63, 3.8) is 0 Å². The average molecular weight is 342 g/mol. The zero-order chi connectivity index (χ0) is 16.9. The molecule has 1 heterocycles. The van der Waals surface area contributed by atoms with Crippen LogP contribution in [0.15, 0.2) is 24.3 Å². The van der Waals surface area contributed by atoms with Crippen LogP contribution in [0.1, 0.15) is 19.4 Å². The van der Waals surface area contributed by atoms with Crippen molar-refractivity contribution >= 4 is 10.0 Å². The molecule has 1 aliphatic heterocycles. The number of hydrogen-bond donors (Lipinski definition) is 1. The van der Waals surface area contributed by atoms with Gasteiger partial charge in [0.25, 0.3) is 0 Å². The van der Waals surface area contributed by atoms with Crippen LogP contribution < -0.4 is 10.1 Å². The summed E-state index contributed by atoms with van der Waals surface area (Å²) in [6.45, 7) is 5.70. The van der Waals surface area contributed by atoms with Crippen molar-refractivity contribution in [3.05, 3.63) is 29.8 Å². The number of nitrogens with zero attached hydrogens (tertiary/aromatic N) is 1. The Hall–Kier alpha value is -1.15. The summed E-state index contributed by atoms with van der Waals surface area (Å²) < 4.78 is 37.1. The Morgan fingerprint density at radius 2 is 2.00 bits per heavy atom. The number of benzene rings is 1. The summed E-state index contributed by atoms with van der Waals surface area (Å²) in [6.07, 6.45) is -0.114. The van der Waals surface area contributed by atoms with Gasteiger partial charge in [-0.1, -0.05) is 12.1 Å². The maximum absolute atomic E-state index is 12.4. The fourth-order valence-corrected chi connectivity index (χ4v) is 4.24. The summed E-state index contributed by atoms with van der Waals surface area (Å²) in [5, 5.41) is 3.18. The Morgan fingerprint density at radius 3 is 2.65 bits per heavy atom. The minimum absolute atomic E-state index is 0.0572. The maximum Gasteiger partial charge on any atom is 0.215 e. The van der Waals surface area contributed by atoms with E-state index in [1.165, 1.54) is 0 Å². The van der Waals surface area contributed by atoms with Gasteiger partial charge in [0.2, 0.25) is 10.0 Å². The molecule has 0 amide bonds. The standard InChI is InChI=1S/C16H26N2O4S/c1-13-11-18(12-14(2)22-13)23(19,20)8-7-17-10-15-5-4-6-16(9-15)21-3/h4-6,9,13-14,17H,7-8,10-12H2,1-3H3/t13-,14-/m1/s1. The molecule has 2 rings (SSSR count). The second kappa shape index (κ2) is 8.10. The van der Waals surface area contributed by atoms with Crippen LogP contribution in [0.3, 0.4) is 0 Å². The molecule has 23 heavy (non-hydrogen) atoms. The fraction of sp³-hybridized carbons (Fsp3) is 0.625. The van der Waals surface area contributed by atoms with Gasteiger partial charge in [-0.2, -0.15) is 4.31 Å². The van der Waals surface area contributed by atoms with Crippen LogP contribution in [0.4, 0.5) is 0 Å². The van der Waals surface area contributed by atoms with Crippen molar-refractivity contribution in [3.8, 4) is 5.75 Å². The number of ether oxygens (including phenoxy) is 2. The summed E-state index contributed by atoms with van der Waals surface area (Å²) >= 11 is 0. The van der Waals surface area contributed by atoms with Crippen LogP contribution >= 0.6 is 0 Å². The van der Waals surface area contributed by atoms with Gasteiger partial charge in [0.1, 0.15) is 5.75 Å². The number of nitrogens with one attached hydrogen (secondary N) is 1. The molecule has 130 valence electrons. The zero-order valence-corrected chi connectivity index (χ0v) is 14.8. The number of morpholine rings is 1. The molecule has 6 nitrogen and oxygen atoms in total. The van der Waals surface area contributed by atoms with Crippen molar-refractivity contribution in [2.45, 2.75) is 32.6 Å². The average Bonchev–Trinajstić information content (AvgIpc) is 2.51. The van der Waals surface area contributed by atoms with Crippen LogP contribution in [-0.2, 0) is 21.3 Å². The first-order valence-corrected chi connectivity index (χ1v) is 9.48. The molecular weight excluding hydrogens is 316 g/mol. The van der Waals surface area contributed by atoms with Gasteiger partial charge in [-0.15, -0.1) is 0 Å². The van der Waals surface area contributed by atoms with Crippen LogP contribution in [0.2, 0.25) is 0 Å². The van der Waals surface area contributed by atoms with Crippen LogP contribution in [0.5, 0.6) is 5.75 Å². The Morgan fingerprint density at radius 1 is 1.30 bits per heavy atom. The minimum atomic E-state index is -3.25. The molecule has 0 aliphatic carbocycles. The molecule has 7 heteroatoms. The van der Waals surface area contributed by atoms with E-state index in [0.717, 1.165) is 11.3 Å². The first-order valence-electron chi connectivity index (χ1n) is 7.87. The summed E-state index contributed by atoms with van der Waals surface area (Å²) in [6, 6.07) is 7.72. The molecule has 1 N–H and O–H groups in total. The molecular formula is C16H26N2O4S. The van der Waals surface area contributed by atoms with E-state index in [9.17, 15) is 8.42 Å². The molecule has 0 radical (unpaired) electrons. The molecule has 1 aliphatic rings.